The SMILES string of the molecule is CNC(=O)COc1nc(N2CC3CCC(C2)N3)c2ccc(-c3cc(O)cc4ccccc34)c(F)c2n1. The van der Waals surface area contributed by atoms with Crippen LogP contribution in [0.15, 0.2) is 48.5 Å². The maximum absolute atomic E-state index is 16.2. The molecule has 2 fully saturated rings. The van der Waals surface area contributed by atoms with Crippen molar-refractivity contribution in [1.29, 1.82) is 0 Å². The molecule has 0 radical (unpaired) electrons. The second-order valence-electron chi connectivity index (χ2n) is 9.37. The van der Waals surface area contributed by atoms with E-state index in [1.165, 1.54) is 7.05 Å². The number of carbonyl (C=O) groups excluding carboxylic acids is 1. The Hall–Kier alpha value is -3.98. The molecule has 36 heavy (non-hydrogen) atoms. The molecule has 2 aliphatic rings. The first-order valence-electron chi connectivity index (χ1n) is 12.1. The van der Waals surface area contributed by atoms with Gasteiger partial charge in [0.25, 0.3) is 5.91 Å². The first kappa shape index (κ1) is 22.5. The summed E-state index contributed by atoms with van der Waals surface area (Å²) < 4.78 is 21.8. The lowest BCUT2D eigenvalue weighted by molar-refractivity contribution is -0.122. The summed E-state index contributed by atoms with van der Waals surface area (Å²) in [6.07, 6.45) is 2.18. The number of benzene rings is 3. The van der Waals surface area contributed by atoms with E-state index in [1.807, 2.05) is 30.3 Å². The van der Waals surface area contributed by atoms with Crippen LogP contribution in [0, 0.1) is 5.82 Å². The van der Waals surface area contributed by atoms with Crippen molar-refractivity contribution < 1.29 is 19.0 Å². The minimum atomic E-state index is -0.533. The minimum Gasteiger partial charge on any atom is -0.508 e. The monoisotopic (exact) mass is 487 g/mol. The summed E-state index contributed by atoms with van der Waals surface area (Å²) in [5, 5.41) is 18.6. The summed E-state index contributed by atoms with van der Waals surface area (Å²) in [6.45, 7) is 1.23. The second-order valence-corrected chi connectivity index (χ2v) is 9.37. The number of phenols is 1. The molecule has 8 nitrogen and oxygen atoms in total. The number of nitrogens with one attached hydrogen (secondary N) is 2. The number of aromatic nitrogens is 2. The van der Waals surface area contributed by atoms with Gasteiger partial charge in [-0.25, -0.2) is 4.39 Å². The van der Waals surface area contributed by atoms with E-state index in [4.69, 9.17) is 4.74 Å². The van der Waals surface area contributed by atoms with E-state index in [1.54, 1.807) is 18.2 Å². The van der Waals surface area contributed by atoms with Crippen LogP contribution >= 0.6 is 0 Å². The molecule has 0 saturated carbocycles. The van der Waals surface area contributed by atoms with Crippen molar-refractivity contribution in [2.24, 2.45) is 0 Å². The van der Waals surface area contributed by atoms with Gasteiger partial charge in [0.15, 0.2) is 12.4 Å². The van der Waals surface area contributed by atoms with E-state index in [0.717, 1.165) is 36.7 Å². The number of hydrogen-bond acceptors (Lipinski definition) is 7. The number of fused-ring (bicyclic) bond motifs is 4. The van der Waals surface area contributed by atoms with Crippen molar-refractivity contribution in [2.75, 3.05) is 31.6 Å². The lowest BCUT2D eigenvalue weighted by Crippen LogP contribution is -2.51. The second kappa shape index (κ2) is 8.91. The maximum Gasteiger partial charge on any atom is 0.319 e. The van der Waals surface area contributed by atoms with Gasteiger partial charge >= 0.3 is 6.01 Å². The van der Waals surface area contributed by atoms with Crippen LogP contribution in [-0.2, 0) is 4.79 Å². The van der Waals surface area contributed by atoms with Gasteiger partial charge in [-0.1, -0.05) is 30.3 Å². The number of aromatic hydroxyl groups is 1. The molecule has 184 valence electrons. The van der Waals surface area contributed by atoms with Gasteiger partial charge in [0.2, 0.25) is 0 Å². The quantitative estimate of drug-likeness (QED) is 0.397. The van der Waals surface area contributed by atoms with Gasteiger partial charge in [-0.2, -0.15) is 9.97 Å². The fourth-order valence-corrected chi connectivity index (χ4v) is 5.33. The van der Waals surface area contributed by atoms with Crippen molar-refractivity contribution in [2.45, 2.75) is 24.9 Å². The topological polar surface area (TPSA) is 99.6 Å². The van der Waals surface area contributed by atoms with Crippen molar-refractivity contribution in [3.63, 3.8) is 0 Å². The predicted octanol–water partition coefficient (Wildman–Crippen LogP) is 3.36. The molecule has 2 atom stereocenters. The Morgan fingerprint density at radius 1 is 1.11 bits per heavy atom. The number of rotatable bonds is 5. The number of amides is 1. The van der Waals surface area contributed by atoms with Crippen molar-refractivity contribution >= 4 is 33.4 Å². The molecule has 2 aliphatic heterocycles. The normalized spacial score (nSPS) is 19.1. The van der Waals surface area contributed by atoms with Gasteiger partial charge in [0.05, 0.1) is 0 Å². The van der Waals surface area contributed by atoms with E-state index >= 15 is 4.39 Å². The Bertz CT molecular complexity index is 1480. The van der Waals surface area contributed by atoms with Crippen LogP contribution in [0.2, 0.25) is 0 Å². The number of hydrogen-bond donors (Lipinski definition) is 3. The van der Waals surface area contributed by atoms with Crippen LogP contribution in [0.25, 0.3) is 32.8 Å². The van der Waals surface area contributed by atoms with Crippen LogP contribution in [0.4, 0.5) is 10.2 Å². The summed E-state index contributed by atoms with van der Waals surface area (Å²) in [7, 11) is 1.51. The molecule has 4 aromatic rings. The molecular formula is C27H26FN5O3. The van der Waals surface area contributed by atoms with E-state index < -0.39 is 5.82 Å². The number of carbonyl (C=O) groups is 1. The number of halogens is 1. The highest BCUT2D eigenvalue weighted by Gasteiger charge is 2.34. The molecule has 9 heteroatoms. The Labute approximate surface area is 207 Å². The lowest BCUT2D eigenvalue weighted by Gasteiger charge is -2.34. The van der Waals surface area contributed by atoms with Gasteiger partial charge in [0.1, 0.15) is 17.1 Å². The third-order valence-electron chi connectivity index (χ3n) is 7.03. The molecule has 0 aliphatic carbocycles. The average molecular weight is 488 g/mol. The maximum atomic E-state index is 16.2. The summed E-state index contributed by atoms with van der Waals surface area (Å²) in [5.74, 6) is -0.218. The Morgan fingerprint density at radius 3 is 2.67 bits per heavy atom. The van der Waals surface area contributed by atoms with Gasteiger partial charge in [-0.05, 0) is 47.4 Å². The molecular weight excluding hydrogens is 461 g/mol. The number of ether oxygens (including phenoxy) is 1. The third kappa shape index (κ3) is 3.95. The highest BCUT2D eigenvalue weighted by atomic mass is 19.1. The number of piperazine rings is 1. The summed E-state index contributed by atoms with van der Waals surface area (Å²) in [4.78, 5) is 22.9. The molecule has 2 bridgehead atoms. The number of anilines is 1. The molecule has 2 saturated heterocycles. The van der Waals surface area contributed by atoms with E-state index in [9.17, 15) is 9.90 Å². The lowest BCUT2D eigenvalue weighted by atomic mass is 9.96. The van der Waals surface area contributed by atoms with E-state index in [2.05, 4.69) is 25.5 Å². The summed E-state index contributed by atoms with van der Waals surface area (Å²) >= 11 is 0. The average Bonchev–Trinajstić information content (AvgIpc) is 3.23. The van der Waals surface area contributed by atoms with E-state index in [-0.39, 0.29) is 29.8 Å². The molecule has 0 spiro atoms. The zero-order valence-electron chi connectivity index (χ0n) is 19.8. The minimum absolute atomic E-state index is 0.0520. The number of nitrogens with zero attached hydrogens (tertiary/aromatic N) is 3. The van der Waals surface area contributed by atoms with Crippen LogP contribution in [0.5, 0.6) is 11.8 Å². The predicted molar refractivity (Wildman–Crippen MR) is 136 cm³/mol. The Kier molecular flexibility index (Phi) is 5.56. The number of likely N-dealkylation sites (N-methyl/N-ethyl adjacent to an activating group) is 1. The molecule has 3 N–H and O–H groups in total. The molecule has 1 amide bonds. The molecule has 3 aromatic carbocycles. The van der Waals surface area contributed by atoms with Crippen molar-refractivity contribution in [1.82, 2.24) is 20.6 Å². The standard InChI is InChI=1S/C27H26FN5O3/c1-29-23(35)14-36-27-31-25-21(26(32-27)33-12-16-6-7-17(13-33)30-16)9-8-20(24(25)28)22-11-18(34)10-15-4-2-3-5-19(15)22/h2-5,8-11,16-17,30,34H,6-7,12-14H2,1H3,(H,29,35). The Morgan fingerprint density at radius 2 is 1.89 bits per heavy atom. The zero-order chi connectivity index (χ0) is 24.8. The fraction of sp³-hybridized carbons (Fsp3) is 0.296. The molecule has 6 rings (SSSR count). The molecule has 1 aromatic heterocycles. The largest absolute Gasteiger partial charge is 0.508 e. The highest BCUT2D eigenvalue weighted by Crippen LogP contribution is 2.38. The first-order chi connectivity index (χ1) is 17.5. The fourth-order valence-electron chi connectivity index (χ4n) is 5.33. The van der Waals surface area contributed by atoms with Crippen LogP contribution < -0.4 is 20.3 Å². The highest BCUT2D eigenvalue weighted by molar-refractivity contribution is 6.01. The van der Waals surface area contributed by atoms with Gasteiger partial charge in [-0.15, -0.1) is 0 Å². The van der Waals surface area contributed by atoms with Crippen LogP contribution in [0.3, 0.4) is 0 Å². The van der Waals surface area contributed by atoms with Gasteiger partial charge in [0, 0.05) is 43.2 Å². The van der Waals surface area contributed by atoms with Crippen molar-refractivity contribution in [3.8, 4) is 22.9 Å². The molecule has 3 heterocycles. The number of phenolic OH excluding ortho intramolecular Hbond substituents is 1. The summed E-state index contributed by atoms with van der Waals surface area (Å²) in [6, 6.07) is 14.9. The van der Waals surface area contributed by atoms with Crippen molar-refractivity contribution in [3.05, 3.63) is 54.3 Å². The van der Waals surface area contributed by atoms with Crippen LogP contribution in [-0.4, -0.2) is 59.8 Å². The first-order valence-corrected chi connectivity index (χ1v) is 12.1. The molecule has 2 unspecified atom stereocenters. The van der Waals surface area contributed by atoms with E-state index in [0.29, 0.717) is 34.4 Å². The summed E-state index contributed by atoms with van der Waals surface area (Å²) in [5.41, 5.74) is 0.998. The Balaban J connectivity index is 1.52. The smallest absolute Gasteiger partial charge is 0.319 e. The van der Waals surface area contributed by atoms with Gasteiger partial charge < -0.3 is 25.4 Å². The van der Waals surface area contributed by atoms with Gasteiger partial charge in [-0.3, -0.25) is 4.79 Å². The van der Waals surface area contributed by atoms with Crippen LogP contribution in [0.1, 0.15) is 12.8 Å². The zero-order valence-corrected chi connectivity index (χ0v) is 19.8. The third-order valence-corrected chi connectivity index (χ3v) is 7.03.